The third kappa shape index (κ3) is 3.68. The van der Waals surface area contributed by atoms with Gasteiger partial charge in [-0.15, -0.1) is 0 Å². The van der Waals surface area contributed by atoms with Crippen molar-refractivity contribution in [2.75, 3.05) is 13.1 Å². The van der Waals surface area contributed by atoms with Crippen LogP contribution in [0.1, 0.15) is 25.3 Å². The molecule has 5 nitrogen and oxygen atoms in total. The van der Waals surface area contributed by atoms with Gasteiger partial charge in [-0.1, -0.05) is 36.5 Å². The Kier molecular flexibility index (Phi) is 5.31. The fourth-order valence-corrected chi connectivity index (χ4v) is 3.43. The number of rotatable bonds is 5. The van der Waals surface area contributed by atoms with E-state index in [4.69, 9.17) is 27.9 Å². The van der Waals surface area contributed by atoms with Gasteiger partial charge in [0.05, 0.1) is 11.6 Å². The van der Waals surface area contributed by atoms with E-state index in [-0.39, 0.29) is 12.1 Å². The highest BCUT2D eigenvalue weighted by Gasteiger charge is 2.29. The second kappa shape index (κ2) is 7.45. The van der Waals surface area contributed by atoms with Crippen molar-refractivity contribution in [3.63, 3.8) is 0 Å². The molecule has 3 rings (SSSR count). The first kappa shape index (κ1) is 17.1. The fourth-order valence-electron chi connectivity index (χ4n) is 2.85. The molecule has 0 N–H and O–H groups in total. The highest BCUT2D eigenvalue weighted by molar-refractivity contribution is 6.35. The SMILES string of the molecule is CCCCN(CC1Cc2cc(Cl)cc(Cl)c2O1)C(=O)n1ccnc1. The Morgan fingerprint density at radius 2 is 2.29 bits per heavy atom. The first-order valence-electron chi connectivity index (χ1n) is 8.00. The van der Waals surface area contributed by atoms with E-state index in [1.165, 1.54) is 10.9 Å². The molecule has 7 heteroatoms. The molecule has 1 aromatic heterocycles. The van der Waals surface area contributed by atoms with E-state index in [0.29, 0.717) is 35.3 Å². The van der Waals surface area contributed by atoms with Crippen molar-refractivity contribution in [1.29, 1.82) is 0 Å². The van der Waals surface area contributed by atoms with Gasteiger partial charge in [-0.05, 0) is 18.6 Å². The van der Waals surface area contributed by atoms with E-state index < -0.39 is 0 Å². The van der Waals surface area contributed by atoms with Crippen LogP contribution in [0.3, 0.4) is 0 Å². The Hall–Kier alpha value is -1.72. The van der Waals surface area contributed by atoms with Gasteiger partial charge in [-0.2, -0.15) is 0 Å². The summed E-state index contributed by atoms with van der Waals surface area (Å²) < 4.78 is 7.45. The van der Waals surface area contributed by atoms with Crippen LogP contribution in [0.4, 0.5) is 4.79 Å². The molecule has 128 valence electrons. The van der Waals surface area contributed by atoms with Crippen molar-refractivity contribution < 1.29 is 9.53 Å². The molecule has 0 aliphatic carbocycles. The van der Waals surface area contributed by atoms with E-state index in [1.54, 1.807) is 23.4 Å². The van der Waals surface area contributed by atoms with Crippen LogP contribution >= 0.6 is 23.2 Å². The summed E-state index contributed by atoms with van der Waals surface area (Å²) in [6.07, 6.45) is 7.28. The van der Waals surface area contributed by atoms with Crippen molar-refractivity contribution in [2.24, 2.45) is 0 Å². The second-order valence-corrected chi connectivity index (χ2v) is 6.72. The molecule has 2 aromatic rings. The largest absolute Gasteiger partial charge is 0.486 e. The van der Waals surface area contributed by atoms with Crippen LogP contribution in [0.5, 0.6) is 5.75 Å². The summed E-state index contributed by atoms with van der Waals surface area (Å²) in [4.78, 5) is 18.4. The number of hydrogen-bond donors (Lipinski definition) is 0. The van der Waals surface area contributed by atoms with Gasteiger partial charge < -0.3 is 9.64 Å². The smallest absolute Gasteiger partial charge is 0.329 e. The Balaban J connectivity index is 1.72. The summed E-state index contributed by atoms with van der Waals surface area (Å²) >= 11 is 12.3. The minimum absolute atomic E-state index is 0.0929. The summed E-state index contributed by atoms with van der Waals surface area (Å²) in [6.45, 7) is 3.28. The highest BCUT2D eigenvalue weighted by Crippen LogP contribution is 2.38. The number of halogens is 2. The number of carbonyl (C=O) groups is 1. The lowest BCUT2D eigenvalue weighted by Gasteiger charge is -2.25. The number of unbranched alkanes of at least 4 members (excludes halogenated alkanes) is 1. The molecule has 1 aromatic carbocycles. The number of nitrogens with zero attached hydrogens (tertiary/aromatic N) is 3. The Morgan fingerprint density at radius 1 is 1.46 bits per heavy atom. The van der Waals surface area contributed by atoms with Crippen molar-refractivity contribution >= 4 is 29.2 Å². The number of aromatic nitrogens is 2. The van der Waals surface area contributed by atoms with E-state index in [2.05, 4.69) is 11.9 Å². The normalized spacial score (nSPS) is 15.9. The van der Waals surface area contributed by atoms with E-state index in [1.807, 2.05) is 6.07 Å². The zero-order chi connectivity index (χ0) is 17.1. The van der Waals surface area contributed by atoms with Gasteiger partial charge in [0.15, 0.2) is 0 Å². The zero-order valence-electron chi connectivity index (χ0n) is 13.4. The van der Waals surface area contributed by atoms with Crippen LogP contribution in [0.25, 0.3) is 0 Å². The number of ether oxygens (including phenoxy) is 1. The Labute approximate surface area is 151 Å². The van der Waals surface area contributed by atoms with Gasteiger partial charge in [0.25, 0.3) is 0 Å². The number of imidazole rings is 1. The molecule has 0 spiro atoms. The number of benzene rings is 1. The molecule has 1 unspecified atom stereocenters. The van der Waals surface area contributed by atoms with Crippen molar-refractivity contribution in [3.8, 4) is 5.75 Å². The molecule has 0 saturated heterocycles. The van der Waals surface area contributed by atoms with Crippen LogP contribution < -0.4 is 4.74 Å². The predicted molar refractivity (Wildman–Crippen MR) is 94.1 cm³/mol. The molecule has 0 bridgehead atoms. The molecule has 1 aliphatic heterocycles. The van der Waals surface area contributed by atoms with E-state index >= 15 is 0 Å². The van der Waals surface area contributed by atoms with Crippen LogP contribution in [0, 0.1) is 0 Å². The molecule has 1 amide bonds. The van der Waals surface area contributed by atoms with Gasteiger partial charge in [0.2, 0.25) is 0 Å². The highest BCUT2D eigenvalue weighted by atomic mass is 35.5. The molecular weight excluding hydrogens is 349 g/mol. The minimum Gasteiger partial charge on any atom is -0.486 e. The summed E-state index contributed by atoms with van der Waals surface area (Å²) in [7, 11) is 0. The van der Waals surface area contributed by atoms with Crippen LogP contribution in [-0.2, 0) is 6.42 Å². The third-order valence-electron chi connectivity index (χ3n) is 4.02. The summed E-state index contributed by atoms with van der Waals surface area (Å²) in [5, 5.41) is 1.11. The number of fused-ring (bicyclic) bond motifs is 1. The molecule has 0 fully saturated rings. The lowest BCUT2D eigenvalue weighted by Crippen LogP contribution is -2.41. The van der Waals surface area contributed by atoms with E-state index in [0.717, 1.165) is 18.4 Å². The van der Waals surface area contributed by atoms with Gasteiger partial charge in [0.1, 0.15) is 18.2 Å². The van der Waals surface area contributed by atoms with Gasteiger partial charge in [-0.3, -0.25) is 4.57 Å². The first-order chi connectivity index (χ1) is 11.6. The fraction of sp³-hybridized carbons (Fsp3) is 0.412. The maximum Gasteiger partial charge on any atom is 0.329 e. The molecule has 0 saturated carbocycles. The monoisotopic (exact) mass is 367 g/mol. The maximum atomic E-state index is 12.6. The lowest BCUT2D eigenvalue weighted by atomic mass is 10.1. The van der Waals surface area contributed by atoms with Crippen LogP contribution in [-0.4, -0.2) is 39.7 Å². The number of carbonyl (C=O) groups excluding carboxylic acids is 1. The first-order valence-corrected chi connectivity index (χ1v) is 8.76. The molecule has 1 atom stereocenters. The number of amides is 1. The van der Waals surface area contributed by atoms with Crippen LogP contribution in [0.2, 0.25) is 10.0 Å². The average Bonchev–Trinajstić information content (AvgIpc) is 3.20. The minimum atomic E-state index is -0.125. The zero-order valence-corrected chi connectivity index (χ0v) is 14.9. The molecular formula is C17H19Cl2N3O2. The Morgan fingerprint density at radius 3 is 3.00 bits per heavy atom. The van der Waals surface area contributed by atoms with Crippen LogP contribution in [0.15, 0.2) is 30.9 Å². The summed E-state index contributed by atoms with van der Waals surface area (Å²) in [5.74, 6) is 0.677. The molecule has 2 heterocycles. The molecule has 1 aliphatic rings. The molecule has 0 radical (unpaired) electrons. The van der Waals surface area contributed by atoms with Gasteiger partial charge in [-0.25, -0.2) is 9.78 Å². The second-order valence-electron chi connectivity index (χ2n) is 5.87. The summed E-state index contributed by atoms with van der Waals surface area (Å²) in [6, 6.07) is 3.46. The average molecular weight is 368 g/mol. The van der Waals surface area contributed by atoms with Crippen molar-refractivity contribution in [3.05, 3.63) is 46.5 Å². The topological polar surface area (TPSA) is 47.4 Å². The lowest BCUT2D eigenvalue weighted by molar-refractivity contribution is 0.151. The van der Waals surface area contributed by atoms with Gasteiger partial charge >= 0.3 is 6.03 Å². The Bertz CT molecular complexity index is 719. The standard InChI is InChI=1S/C17H19Cl2N3O2/c1-2-3-5-21(17(23)22-6-4-20-11-22)10-14-8-12-7-13(18)9-15(19)16(12)24-14/h4,6-7,9,11,14H,2-3,5,8,10H2,1H3. The molecule has 24 heavy (non-hydrogen) atoms. The third-order valence-corrected chi connectivity index (χ3v) is 4.52. The number of hydrogen-bond acceptors (Lipinski definition) is 3. The summed E-state index contributed by atoms with van der Waals surface area (Å²) in [5.41, 5.74) is 0.989. The van der Waals surface area contributed by atoms with Crippen molar-refractivity contribution in [2.45, 2.75) is 32.3 Å². The van der Waals surface area contributed by atoms with E-state index in [9.17, 15) is 4.79 Å². The maximum absolute atomic E-state index is 12.6. The van der Waals surface area contributed by atoms with Crippen molar-refractivity contribution in [1.82, 2.24) is 14.5 Å². The van der Waals surface area contributed by atoms with Gasteiger partial charge in [0, 0.05) is 35.9 Å². The quantitative estimate of drug-likeness (QED) is 0.792. The predicted octanol–water partition coefficient (Wildman–Crippen LogP) is 4.26.